The molecule has 2 rings (SSSR count). The Hall–Kier alpha value is -2.15. The van der Waals surface area contributed by atoms with Gasteiger partial charge in [0, 0.05) is 17.8 Å². The second kappa shape index (κ2) is 5.66. The van der Waals surface area contributed by atoms with Gasteiger partial charge in [-0.3, -0.25) is 10.1 Å². The molecule has 0 aromatic heterocycles. The Morgan fingerprint density at radius 1 is 1.11 bits per heavy atom. The van der Waals surface area contributed by atoms with Crippen LogP contribution in [0.3, 0.4) is 0 Å². The van der Waals surface area contributed by atoms with Crippen LogP contribution in [0.4, 0.5) is 20.2 Å². The van der Waals surface area contributed by atoms with Crippen LogP contribution in [0.1, 0.15) is 0 Å². The van der Waals surface area contributed by atoms with E-state index in [-0.39, 0.29) is 16.4 Å². The minimum atomic E-state index is -0.596. The molecule has 0 atom stereocenters. The van der Waals surface area contributed by atoms with Crippen molar-refractivity contribution < 1.29 is 13.7 Å². The average Bonchev–Trinajstić information content (AvgIpc) is 2.39. The van der Waals surface area contributed by atoms with E-state index in [1.165, 1.54) is 24.3 Å². The predicted molar refractivity (Wildman–Crippen MR) is 68.9 cm³/mol. The summed E-state index contributed by atoms with van der Waals surface area (Å²) in [6.07, 6.45) is 0. The molecule has 2 aromatic carbocycles. The van der Waals surface area contributed by atoms with E-state index in [1.54, 1.807) is 0 Å². The molecule has 0 spiro atoms. The Kier molecular flexibility index (Phi) is 3.96. The Morgan fingerprint density at radius 3 is 2.42 bits per heavy atom. The van der Waals surface area contributed by atoms with Crippen LogP contribution in [0.15, 0.2) is 47.4 Å². The fourth-order valence-corrected chi connectivity index (χ4v) is 2.02. The van der Waals surface area contributed by atoms with Crippen LogP contribution < -0.4 is 4.72 Å². The Balaban J connectivity index is 2.12. The van der Waals surface area contributed by atoms with Crippen molar-refractivity contribution in [1.29, 1.82) is 0 Å². The summed E-state index contributed by atoms with van der Waals surface area (Å²) in [7, 11) is 0. The molecule has 0 fully saturated rings. The van der Waals surface area contributed by atoms with Crippen molar-refractivity contribution in [3.05, 3.63) is 64.2 Å². The number of non-ortho nitro benzene ring substituents is 1. The topological polar surface area (TPSA) is 55.2 Å². The zero-order chi connectivity index (χ0) is 13.8. The van der Waals surface area contributed by atoms with Gasteiger partial charge in [-0.15, -0.1) is 0 Å². The van der Waals surface area contributed by atoms with Crippen LogP contribution in [0.5, 0.6) is 0 Å². The van der Waals surface area contributed by atoms with E-state index in [9.17, 15) is 18.9 Å². The third-order valence-corrected chi connectivity index (χ3v) is 3.12. The molecule has 98 valence electrons. The van der Waals surface area contributed by atoms with Gasteiger partial charge < -0.3 is 4.72 Å². The van der Waals surface area contributed by atoms with E-state index < -0.39 is 10.7 Å². The highest BCUT2D eigenvalue weighted by Crippen LogP contribution is 2.27. The first-order valence-electron chi connectivity index (χ1n) is 5.18. The number of benzene rings is 2. The zero-order valence-electron chi connectivity index (χ0n) is 9.47. The fraction of sp³-hybridized carbons (Fsp3) is 0. The molecule has 0 aliphatic carbocycles. The highest BCUT2D eigenvalue weighted by Gasteiger charge is 2.11. The fourth-order valence-electron chi connectivity index (χ4n) is 1.32. The molecule has 0 amide bonds. The smallest absolute Gasteiger partial charge is 0.270 e. The largest absolute Gasteiger partial charge is 0.326 e. The lowest BCUT2D eigenvalue weighted by Crippen LogP contribution is -1.93. The van der Waals surface area contributed by atoms with Crippen LogP contribution >= 0.6 is 11.9 Å². The van der Waals surface area contributed by atoms with Gasteiger partial charge in [0.2, 0.25) is 0 Å². The van der Waals surface area contributed by atoms with Gasteiger partial charge in [0.25, 0.3) is 5.69 Å². The van der Waals surface area contributed by atoms with Crippen molar-refractivity contribution in [2.75, 3.05) is 4.72 Å². The van der Waals surface area contributed by atoms with Gasteiger partial charge in [-0.05, 0) is 42.3 Å². The van der Waals surface area contributed by atoms with Gasteiger partial charge >= 0.3 is 0 Å². The lowest BCUT2D eigenvalue weighted by molar-refractivity contribution is -0.385. The molecule has 2 aromatic rings. The normalized spacial score (nSPS) is 10.2. The predicted octanol–water partition coefficient (Wildman–Crippen LogP) is 3.99. The second-order valence-corrected chi connectivity index (χ2v) is 4.43. The van der Waals surface area contributed by atoms with E-state index in [0.717, 1.165) is 30.1 Å². The molecule has 4 nitrogen and oxygen atoms in total. The molecule has 7 heteroatoms. The molecule has 0 aliphatic heterocycles. The van der Waals surface area contributed by atoms with Crippen LogP contribution in [0, 0.1) is 21.7 Å². The quantitative estimate of drug-likeness (QED) is 0.523. The van der Waals surface area contributed by atoms with Gasteiger partial charge in [0.1, 0.15) is 11.6 Å². The molecule has 0 radical (unpaired) electrons. The lowest BCUT2D eigenvalue weighted by Gasteiger charge is -2.06. The summed E-state index contributed by atoms with van der Waals surface area (Å²) in [5.41, 5.74) is 0.377. The first-order valence-corrected chi connectivity index (χ1v) is 6.00. The maximum absolute atomic E-state index is 13.5. The summed E-state index contributed by atoms with van der Waals surface area (Å²) in [5, 5.41) is 10.6. The number of rotatable bonds is 4. The summed E-state index contributed by atoms with van der Waals surface area (Å²) in [4.78, 5) is 10.1. The summed E-state index contributed by atoms with van der Waals surface area (Å²) in [6, 6.07) is 8.75. The van der Waals surface area contributed by atoms with E-state index >= 15 is 0 Å². The summed E-state index contributed by atoms with van der Waals surface area (Å²) in [5.74, 6) is -0.942. The highest BCUT2D eigenvalue weighted by molar-refractivity contribution is 8.00. The third kappa shape index (κ3) is 3.41. The van der Waals surface area contributed by atoms with Crippen LogP contribution in [0.2, 0.25) is 0 Å². The minimum Gasteiger partial charge on any atom is -0.326 e. The summed E-state index contributed by atoms with van der Waals surface area (Å²) < 4.78 is 28.9. The van der Waals surface area contributed by atoms with Gasteiger partial charge in [0.15, 0.2) is 0 Å². The molecule has 0 saturated heterocycles. The van der Waals surface area contributed by atoms with Crippen LogP contribution in [0.25, 0.3) is 0 Å². The Labute approximate surface area is 111 Å². The van der Waals surface area contributed by atoms with Gasteiger partial charge in [0.05, 0.1) is 9.82 Å². The van der Waals surface area contributed by atoms with Gasteiger partial charge in [-0.25, -0.2) is 8.78 Å². The molecule has 0 aliphatic rings. The number of nitro benzene ring substituents is 1. The van der Waals surface area contributed by atoms with Gasteiger partial charge in [-0.2, -0.15) is 0 Å². The van der Waals surface area contributed by atoms with E-state index in [1.807, 2.05) is 0 Å². The number of halogens is 2. The Morgan fingerprint density at radius 2 is 1.79 bits per heavy atom. The van der Waals surface area contributed by atoms with Crippen molar-refractivity contribution in [3.8, 4) is 0 Å². The standard InChI is InChI=1S/C12H8F2N2O2S/c13-8-1-3-9(4-2-8)15-19-12-7-10(16(17)18)5-6-11(12)14/h1-7,15H. The molecule has 0 heterocycles. The number of anilines is 1. The molecular weight excluding hydrogens is 274 g/mol. The first-order chi connectivity index (χ1) is 9.06. The monoisotopic (exact) mass is 282 g/mol. The van der Waals surface area contributed by atoms with Crippen molar-refractivity contribution >= 4 is 23.3 Å². The third-order valence-electron chi connectivity index (χ3n) is 2.25. The molecule has 1 N–H and O–H groups in total. The van der Waals surface area contributed by atoms with Crippen LogP contribution in [-0.2, 0) is 0 Å². The second-order valence-electron chi connectivity index (χ2n) is 3.58. The maximum atomic E-state index is 13.5. The van der Waals surface area contributed by atoms with Gasteiger partial charge in [-0.1, -0.05) is 0 Å². The number of nitrogens with one attached hydrogen (secondary N) is 1. The van der Waals surface area contributed by atoms with Crippen molar-refractivity contribution in [2.45, 2.75) is 4.90 Å². The number of nitrogens with zero attached hydrogens (tertiary/aromatic N) is 1. The van der Waals surface area contributed by atoms with Crippen molar-refractivity contribution in [1.82, 2.24) is 0 Å². The zero-order valence-corrected chi connectivity index (χ0v) is 10.3. The van der Waals surface area contributed by atoms with E-state index in [2.05, 4.69) is 4.72 Å². The maximum Gasteiger partial charge on any atom is 0.270 e. The average molecular weight is 282 g/mol. The molecule has 0 saturated carbocycles. The van der Waals surface area contributed by atoms with Crippen molar-refractivity contribution in [3.63, 3.8) is 0 Å². The summed E-state index contributed by atoms with van der Waals surface area (Å²) in [6.45, 7) is 0. The molecule has 0 unspecified atom stereocenters. The van der Waals surface area contributed by atoms with Crippen molar-refractivity contribution in [2.24, 2.45) is 0 Å². The lowest BCUT2D eigenvalue weighted by atomic mass is 10.3. The number of nitro groups is 1. The SMILES string of the molecule is O=[N+]([O-])c1ccc(F)c(SNc2ccc(F)cc2)c1. The molecule has 19 heavy (non-hydrogen) atoms. The first kappa shape index (κ1) is 13.3. The van der Waals surface area contributed by atoms with E-state index in [0.29, 0.717) is 5.69 Å². The number of hydrogen-bond donors (Lipinski definition) is 1. The molecule has 0 bridgehead atoms. The summed E-state index contributed by atoms with van der Waals surface area (Å²) >= 11 is 0.886. The van der Waals surface area contributed by atoms with Crippen LogP contribution in [-0.4, -0.2) is 4.92 Å². The minimum absolute atomic E-state index is 0.0959. The number of hydrogen-bond acceptors (Lipinski definition) is 4. The Bertz CT molecular complexity index is 605. The highest BCUT2D eigenvalue weighted by atomic mass is 32.2. The molecular formula is C12H8F2N2O2S. The van der Waals surface area contributed by atoms with E-state index in [4.69, 9.17) is 0 Å².